The molecule has 0 rings (SSSR count). The molecule has 0 aromatic carbocycles. The van der Waals surface area contributed by atoms with Gasteiger partial charge in [0.15, 0.2) is 0 Å². The van der Waals surface area contributed by atoms with Crippen molar-refractivity contribution in [3.8, 4) is 0 Å². The van der Waals surface area contributed by atoms with E-state index in [1.165, 1.54) is 19.0 Å². The summed E-state index contributed by atoms with van der Waals surface area (Å²) in [4.78, 5) is 18.9. The molecule has 0 spiro atoms. The zero-order valence-electron chi connectivity index (χ0n) is 13.0. The van der Waals surface area contributed by atoms with Gasteiger partial charge >= 0.3 is 17.1 Å². The molecule has 0 amide bonds. The number of ether oxygens (including phenoxy) is 2. The van der Waals surface area contributed by atoms with Crippen molar-refractivity contribution in [1.29, 1.82) is 0 Å². The van der Waals surface area contributed by atoms with Crippen molar-refractivity contribution in [2.75, 3.05) is 0 Å². The predicted molar refractivity (Wildman–Crippen MR) is 74.4 cm³/mol. The average molecular weight is 305 g/mol. The van der Waals surface area contributed by atoms with E-state index in [9.17, 15) is 9.59 Å². The van der Waals surface area contributed by atoms with Crippen molar-refractivity contribution in [2.24, 2.45) is 0 Å². The van der Waals surface area contributed by atoms with E-state index in [1.54, 1.807) is 41.5 Å². The van der Waals surface area contributed by atoms with Crippen LogP contribution in [0.3, 0.4) is 0 Å². The van der Waals surface area contributed by atoms with Gasteiger partial charge in [0.2, 0.25) is 0 Å². The minimum Gasteiger partial charge on any atom is -0.649 e. The molecule has 107 valence electrons. The van der Waals surface area contributed by atoms with Crippen LogP contribution in [-0.4, -0.2) is 43.0 Å². The molecular formula is C13H23LiMnO4. The van der Waals surface area contributed by atoms with Crippen LogP contribution < -0.4 is 0 Å². The second-order valence-corrected chi connectivity index (χ2v) is 4.88. The molecule has 0 N–H and O–H groups in total. The molecule has 0 heterocycles. The molecule has 6 heteroatoms. The van der Waals surface area contributed by atoms with Gasteiger partial charge in [-0.1, -0.05) is 12.9 Å². The Morgan fingerprint density at radius 3 is 1.11 bits per heavy atom. The van der Waals surface area contributed by atoms with Crippen LogP contribution in [0.4, 0.5) is 0 Å². The van der Waals surface area contributed by atoms with Gasteiger partial charge in [-0.15, -0.1) is 0 Å². The number of carbonyl (C=O) groups excluding carboxylic acids is 2. The molecule has 0 saturated carbocycles. The summed E-state index contributed by atoms with van der Waals surface area (Å²) < 4.78 is 8.85. The molecule has 0 aliphatic rings. The molecule has 0 fully saturated rings. The Kier molecular flexibility index (Phi) is 29.0. The van der Waals surface area contributed by atoms with Crippen LogP contribution in [0.2, 0.25) is 0 Å². The maximum absolute atomic E-state index is 9.47. The summed E-state index contributed by atoms with van der Waals surface area (Å²) in [5.41, 5.74) is -0.747. The molecule has 0 aliphatic heterocycles. The molecule has 0 atom stereocenters. The van der Waals surface area contributed by atoms with Crippen LogP contribution in [0.1, 0.15) is 41.5 Å². The van der Waals surface area contributed by atoms with Gasteiger partial charge < -0.3 is 19.1 Å². The Balaban J connectivity index is -0.0000000525. The van der Waals surface area contributed by atoms with Gasteiger partial charge in [0.25, 0.3) is 0 Å². The van der Waals surface area contributed by atoms with E-state index in [0.29, 0.717) is 0 Å². The Morgan fingerprint density at radius 1 is 0.947 bits per heavy atom. The molecule has 4 nitrogen and oxygen atoms in total. The van der Waals surface area contributed by atoms with Gasteiger partial charge in [-0.25, -0.2) is 19.6 Å². The third kappa shape index (κ3) is 73.8. The summed E-state index contributed by atoms with van der Waals surface area (Å²) in [6, 6.07) is 0. The molecule has 0 aliphatic carbocycles. The summed E-state index contributed by atoms with van der Waals surface area (Å²) in [5.74, 6) is 0. The molecule has 0 aromatic heterocycles. The van der Waals surface area contributed by atoms with Gasteiger partial charge in [-0.3, -0.25) is 0 Å². The maximum atomic E-state index is 9.47. The smallest absolute Gasteiger partial charge is 0.649 e. The third-order valence-electron chi connectivity index (χ3n) is 0.696. The summed E-state index contributed by atoms with van der Waals surface area (Å²) in [7, 11) is 0. The van der Waals surface area contributed by atoms with Crippen LogP contribution in [0.5, 0.6) is 0 Å². The van der Waals surface area contributed by atoms with E-state index in [1.807, 2.05) is 0 Å². The Morgan fingerprint density at radius 2 is 1.11 bits per heavy atom. The summed E-state index contributed by atoms with van der Waals surface area (Å²) in [6.07, 6.45) is 1.50. The first-order valence-electron chi connectivity index (χ1n) is 5.04. The zero-order chi connectivity index (χ0) is 14.5. The van der Waals surface area contributed by atoms with E-state index in [0.717, 1.165) is 0 Å². The van der Waals surface area contributed by atoms with Crippen molar-refractivity contribution >= 4 is 31.8 Å². The summed E-state index contributed by atoms with van der Waals surface area (Å²) in [5, 5.41) is 0. The van der Waals surface area contributed by atoms with E-state index in [2.05, 4.69) is 23.0 Å². The van der Waals surface area contributed by atoms with Crippen molar-refractivity contribution < 1.29 is 36.1 Å². The van der Waals surface area contributed by atoms with Crippen LogP contribution in [-0.2, 0) is 36.1 Å². The molecule has 19 heavy (non-hydrogen) atoms. The second kappa shape index (κ2) is 17.7. The molecular weight excluding hydrogens is 282 g/mol. The fourth-order valence-electron chi connectivity index (χ4n) is 0.250. The predicted octanol–water partition coefficient (Wildman–Crippen LogP) is 2.36. The van der Waals surface area contributed by atoms with Crippen molar-refractivity contribution in [2.45, 2.75) is 52.7 Å². The third-order valence-corrected chi connectivity index (χ3v) is 0.696. The van der Waals surface area contributed by atoms with Crippen LogP contribution in [0.15, 0.2) is 12.7 Å². The quantitative estimate of drug-likeness (QED) is 0.580. The van der Waals surface area contributed by atoms with Gasteiger partial charge in [0, 0.05) is 18.9 Å². The van der Waals surface area contributed by atoms with Crippen LogP contribution in [0, 0.1) is 6.92 Å². The van der Waals surface area contributed by atoms with E-state index in [4.69, 9.17) is 0 Å². The van der Waals surface area contributed by atoms with E-state index >= 15 is 0 Å². The fourth-order valence-corrected chi connectivity index (χ4v) is 0.250. The summed E-state index contributed by atoms with van der Waals surface area (Å²) in [6.45, 7) is 20.0. The Labute approximate surface area is 140 Å². The molecule has 1 radical (unpaired) electrons. The van der Waals surface area contributed by atoms with Crippen molar-refractivity contribution in [1.82, 2.24) is 0 Å². The fraction of sp³-hybridized carbons (Fsp3) is 0.615. The van der Waals surface area contributed by atoms with Crippen molar-refractivity contribution in [3.05, 3.63) is 19.6 Å². The number of allylic oxidation sites excluding steroid dienone is 1. The van der Waals surface area contributed by atoms with E-state index in [-0.39, 0.29) is 47.1 Å². The largest absolute Gasteiger partial charge is 3.00 e. The monoisotopic (exact) mass is 305 g/mol. The Bertz CT molecular complexity index is 188. The molecule has 0 bridgehead atoms. The van der Waals surface area contributed by atoms with Gasteiger partial charge in [0.1, 0.15) is 0 Å². The Hall–Kier alpha value is -0.333. The normalized spacial score (nSPS) is 8.53. The maximum Gasteiger partial charge on any atom is 3.00 e. The van der Waals surface area contributed by atoms with Gasteiger partial charge in [0.05, 0.1) is 11.2 Å². The second-order valence-electron chi connectivity index (χ2n) is 4.88. The first-order valence-corrected chi connectivity index (χ1v) is 5.04. The topological polar surface area (TPSA) is 52.6 Å². The SMILES string of the molecule is C=C[CH2-].CC(C)(C)O[C-]=O.CC(C)(C)O[C-]=O.[Li].[Mn+3]. The van der Waals surface area contributed by atoms with E-state index < -0.39 is 0 Å². The van der Waals surface area contributed by atoms with Crippen molar-refractivity contribution in [3.63, 3.8) is 0 Å². The van der Waals surface area contributed by atoms with Crippen LogP contribution >= 0.6 is 0 Å². The number of hydrogen-bond acceptors (Lipinski definition) is 4. The van der Waals surface area contributed by atoms with Gasteiger partial charge in [-0.2, -0.15) is 0 Å². The van der Waals surface area contributed by atoms with Gasteiger partial charge in [-0.05, 0) is 41.5 Å². The number of hydrogen-bond donors (Lipinski definition) is 0. The average Bonchev–Trinajstić information content (AvgIpc) is 2.01. The number of rotatable bonds is 2. The standard InChI is InChI=1S/2C5H9O2.C3H5.Li.Mn/c2*1-5(2,3)7-4-6;1-3-2;;/h2*1-3H3;3H,1-2H2;;/q3*-1;;+3. The molecule has 0 unspecified atom stereocenters. The minimum absolute atomic E-state index is 0. The zero-order valence-corrected chi connectivity index (χ0v) is 14.2. The van der Waals surface area contributed by atoms with Crippen LogP contribution in [0.25, 0.3) is 0 Å². The molecule has 0 aromatic rings. The molecule has 0 saturated heterocycles. The summed E-state index contributed by atoms with van der Waals surface area (Å²) >= 11 is 0. The first-order chi connectivity index (χ1) is 7.54. The minimum atomic E-state index is -0.373. The first kappa shape index (κ1) is 31.2.